The molecule has 1 rings (SSSR count). The van der Waals surface area contributed by atoms with Crippen LogP contribution in [0, 0.1) is 11.3 Å². The minimum absolute atomic E-state index is 0.0524. The fourth-order valence-corrected chi connectivity index (χ4v) is 0.764. The monoisotopic (exact) mass is 162 g/mol. The van der Waals surface area contributed by atoms with Gasteiger partial charge in [-0.05, 0) is 12.1 Å². The van der Waals surface area contributed by atoms with Crippen molar-refractivity contribution in [3.8, 4) is 17.6 Å². The molecule has 0 aliphatic rings. The minimum Gasteiger partial charge on any atom is -0.535 e. The number of benzene rings is 1. The van der Waals surface area contributed by atoms with E-state index in [2.05, 4.69) is 4.65 Å². The summed E-state index contributed by atoms with van der Waals surface area (Å²) in [7, 11) is 0.441. The average molecular weight is 162 g/mol. The third kappa shape index (κ3) is 1.49. The van der Waals surface area contributed by atoms with Crippen LogP contribution in [-0.4, -0.2) is 17.8 Å². The Morgan fingerprint density at radius 2 is 2.25 bits per heavy atom. The third-order valence-corrected chi connectivity index (χ3v) is 1.30. The van der Waals surface area contributed by atoms with Gasteiger partial charge in [0.2, 0.25) is 0 Å². The number of nitrogens with zero attached hydrogens (tertiary/aromatic N) is 1. The van der Waals surface area contributed by atoms with Gasteiger partial charge in [0.25, 0.3) is 0 Å². The van der Waals surface area contributed by atoms with E-state index in [4.69, 9.17) is 10.3 Å². The van der Waals surface area contributed by atoms with E-state index >= 15 is 0 Å². The molecule has 0 aliphatic heterocycles. The van der Waals surface area contributed by atoms with Gasteiger partial charge in [-0.25, -0.2) is 0 Å². The predicted octanol–water partition coefficient (Wildman–Crippen LogP) is 0.169. The lowest BCUT2D eigenvalue weighted by Gasteiger charge is -2.04. The van der Waals surface area contributed by atoms with Crippen molar-refractivity contribution in [2.24, 2.45) is 0 Å². The van der Waals surface area contributed by atoms with Gasteiger partial charge in [-0.15, -0.1) is 0 Å². The first-order valence-electron chi connectivity index (χ1n) is 3.14. The van der Waals surface area contributed by atoms with Crippen molar-refractivity contribution < 1.29 is 14.8 Å². The highest BCUT2D eigenvalue weighted by molar-refractivity contribution is 6.17. The Bertz CT molecular complexity index is 321. The number of nitriles is 1. The highest BCUT2D eigenvalue weighted by atomic mass is 16.5. The molecular formula is C7H5BNO3. The second-order valence-corrected chi connectivity index (χ2v) is 1.99. The van der Waals surface area contributed by atoms with Crippen molar-refractivity contribution in [3.63, 3.8) is 0 Å². The summed E-state index contributed by atoms with van der Waals surface area (Å²) in [5.41, 5.74) is 0.106. The van der Waals surface area contributed by atoms with Gasteiger partial charge in [-0.1, -0.05) is 6.07 Å². The first-order valence-corrected chi connectivity index (χ1v) is 3.14. The van der Waals surface area contributed by atoms with Crippen LogP contribution in [0.25, 0.3) is 0 Å². The van der Waals surface area contributed by atoms with Gasteiger partial charge >= 0.3 is 7.69 Å². The lowest BCUT2D eigenvalue weighted by molar-refractivity contribution is 0.409. The molecule has 2 N–H and O–H groups in total. The Hall–Kier alpha value is -1.67. The lowest BCUT2D eigenvalue weighted by atomic mass is 10.2. The van der Waals surface area contributed by atoms with E-state index in [-0.39, 0.29) is 17.1 Å². The van der Waals surface area contributed by atoms with Crippen molar-refractivity contribution in [1.29, 1.82) is 5.26 Å². The molecule has 12 heavy (non-hydrogen) atoms. The fraction of sp³-hybridized carbons (Fsp3) is 0. The smallest absolute Gasteiger partial charge is 0.535 e. The number of rotatable bonds is 2. The lowest BCUT2D eigenvalue weighted by Crippen LogP contribution is -2.00. The predicted molar refractivity (Wildman–Crippen MR) is 41.4 cm³/mol. The van der Waals surface area contributed by atoms with E-state index in [1.807, 2.05) is 0 Å². The Labute approximate surface area is 69.9 Å². The number of phenolic OH excluding ortho intramolecular Hbond substituents is 1. The molecule has 0 saturated carbocycles. The molecular weight excluding hydrogens is 157 g/mol. The highest BCUT2D eigenvalue weighted by Gasteiger charge is 2.06. The van der Waals surface area contributed by atoms with Gasteiger partial charge in [0.1, 0.15) is 11.8 Å². The third-order valence-electron chi connectivity index (χ3n) is 1.30. The molecule has 1 aromatic rings. The second kappa shape index (κ2) is 3.65. The van der Waals surface area contributed by atoms with E-state index < -0.39 is 0 Å². The molecule has 4 nitrogen and oxygen atoms in total. The maximum atomic E-state index is 9.24. The number of phenols is 1. The molecule has 0 saturated heterocycles. The first kappa shape index (κ1) is 8.43. The second-order valence-electron chi connectivity index (χ2n) is 1.99. The van der Waals surface area contributed by atoms with Gasteiger partial charge in [0.05, 0.1) is 5.56 Å². The van der Waals surface area contributed by atoms with Crippen LogP contribution in [0.3, 0.4) is 0 Å². The Morgan fingerprint density at radius 3 is 2.83 bits per heavy atom. The molecule has 0 aliphatic carbocycles. The van der Waals surface area contributed by atoms with E-state index in [1.165, 1.54) is 18.2 Å². The SMILES string of the molecule is N#Cc1cccc(O[B]O)c1O. The van der Waals surface area contributed by atoms with Crippen LogP contribution in [0.1, 0.15) is 5.56 Å². The summed E-state index contributed by atoms with van der Waals surface area (Å²) in [6.45, 7) is 0. The van der Waals surface area contributed by atoms with E-state index in [0.717, 1.165) is 0 Å². The number of hydrogen-bond acceptors (Lipinski definition) is 4. The van der Waals surface area contributed by atoms with Gasteiger partial charge in [-0.3, -0.25) is 0 Å². The minimum atomic E-state index is -0.273. The summed E-state index contributed by atoms with van der Waals surface area (Å²) in [5.74, 6) is -0.221. The summed E-state index contributed by atoms with van der Waals surface area (Å²) < 4.78 is 4.51. The summed E-state index contributed by atoms with van der Waals surface area (Å²) in [5, 5.41) is 26.0. The topological polar surface area (TPSA) is 73.5 Å². The van der Waals surface area contributed by atoms with Crippen LogP contribution in [0.15, 0.2) is 18.2 Å². The van der Waals surface area contributed by atoms with Crippen LogP contribution >= 0.6 is 0 Å². The average Bonchev–Trinajstić information content (AvgIpc) is 2.09. The quantitative estimate of drug-likeness (QED) is 0.607. The van der Waals surface area contributed by atoms with Gasteiger partial charge in [0.15, 0.2) is 5.75 Å². The van der Waals surface area contributed by atoms with Crippen LogP contribution in [-0.2, 0) is 0 Å². The van der Waals surface area contributed by atoms with Crippen LogP contribution in [0.4, 0.5) is 0 Å². The molecule has 0 bridgehead atoms. The summed E-state index contributed by atoms with van der Waals surface area (Å²) in [6.07, 6.45) is 0. The van der Waals surface area contributed by atoms with Crippen molar-refractivity contribution in [2.75, 3.05) is 0 Å². The van der Waals surface area contributed by atoms with E-state index in [0.29, 0.717) is 7.69 Å². The molecule has 0 spiro atoms. The zero-order valence-corrected chi connectivity index (χ0v) is 6.06. The first-order chi connectivity index (χ1) is 5.79. The van der Waals surface area contributed by atoms with Crippen LogP contribution in [0.2, 0.25) is 0 Å². The Kier molecular flexibility index (Phi) is 2.56. The zero-order valence-electron chi connectivity index (χ0n) is 6.06. The molecule has 0 fully saturated rings. The number of aromatic hydroxyl groups is 1. The van der Waals surface area contributed by atoms with Crippen molar-refractivity contribution >= 4 is 7.69 Å². The molecule has 59 valence electrons. The molecule has 0 aromatic heterocycles. The molecule has 0 amide bonds. The van der Waals surface area contributed by atoms with Crippen molar-refractivity contribution in [1.82, 2.24) is 0 Å². The Morgan fingerprint density at radius 1 is 1.50 bits per heavy atom. The van der Waals surface area contributed by atoms with Crippen molar-refractivity contribution in [2.45, 2.75) is 0 Å². The molecule has 1 aromatic carbocycles. The normalized spacial score (nSPS) is 8.67. The molecule has 0 unspecified atom stereocenters. The van der Waals surface area contributed by atoms with E-state index in [9.17, 15) is 5.11 Å². The fourth-order valence-electron chi connectivity index (χ4n) is 0.764. The van der Waals surface area contributed by atoms with Gasteiger partial charge in [0, 0.05) is 0 Å². The standard InChI is InChI=1S/C7H5BNO3/c9-4-5-2-1-3-6(7(5)10)12-8-11/h1-3,10-11H. The highest BCUT2D eigenvalue weighted by Crippen LogP contribution is 2.28. The Balaban J connectivity index is 3.07. The van der Waals surface area contributed by atoms with Crippen LogP contribution in [0.5, 0.6) is 11.5 Å². The maximum absolute atomic E-state index is 9.24. The summed E-state index contributed by atoms with van der Waals surface area (Å²) in [6, 6.07) is 6.18. The van der Waals surface area contributed by atoms with Crippen LogP contribution < -0.4 is 4.65 Å². The molecule has 5 heteroatoms. The molecule has 0 heterocycles. The number of para-hydroxylation sites is 1. The molecule has 0 atom stereocenters. The summed E-state index contributed by atoms with van der Waals surface area (Å²) in [4.78, 5) is 0. The van der Waals surface area contributed by atoms with Gasteiger partial charge < -0.3 is 14.8 Å². The zero-order chi connectivity index (χ0) is 8.97. The summed E-state index contributed by atoms with van der Waals surface area (Å²) >= 11 is 0. The number of hydrogen-bond donors (Lipinski definition) is 2. The molecule has 1 radical (unpaired) electrons. The van der Waals surface area contributed by atoms with E-state index in [1.54, 1.807) is 6.07 Å². The maximum Gasteiger partial charge on any atom is 0.569 e. The van der Waals surface area contributed by atoms with Gasteiger partial charge in [-0.2, -0.15) is 5.26 Å². The largest absolute Gasteiger partial charge is 0.569 e. The van der Waals surface area contributed by atoms with Crippen molar-refractivity contribution in [3.05, 3.63) is 23.8 Å².